The second kappa shape index (κ2) is 6.34. The summed E-state index contributed by atoms with van der Waals surface area (Å²) < 4.78 is 5.34. The van der Waals surface area contributed by atoms with E-state index >= 15 is 0 Å². The zero-order chi connectivity index (χ0) is 14.4. The number of hydrogen-bond donors (Lipinski definition) is 1. The lowest BCUT2D eigenvalue weighted by molar-refractivity contribution is -0.117. The Morgan fingerprint density at radius 1 is 1.45 bits per heavy atom. The quantitative estimate of drug-likeness (QED) is 0.522. The maximum atomic E-state index is 11.3. The summed E-state index contributed by atoms with van der Waals surface area (Å²) in [5, 5.41) is 0. The Labute approximate surface area is 116 Å². The average molecular weight is 267 g/mol. The van der Waals surface area contributed by atoms with Crippen molar-refractivity contribution in [3.05, 3.63) is 42.1 Å². The summed E-state index contributed by atoms with van der Waals surface area (Å²) in [5.74, 6) is 5.95. The van der Waals surface area contributed by atoms with Crippen molar-refractivity contribution in [2.45, 2.75) is 13.3 Å². The van der Waals surface area contributed by atoms with E-state index in [2.05, 4.69) is 21.8 Å². The number of amides is 1. The first-order chi connectivity index (χ1) is 9.72. The van der Waals surface area contributed by atoms with Crippen molar-refractivity contribution >= 4 is 12.2 Å². The summed E-state index contributed by atoms with van der Waals surface area (Å²) in [6, 6.07) is 3.70. The second-order valence-corrected chi connectivity index (χ2v) is 3.99. The van der Waals surface area contributed by atoms with Gasteiger partial charge in [0.1, 0.15) is 5.76 Å². The molecule has 2 aromatic rings. The SMILES string of the molecule is CC#Cc1cncc(-c2coc(CC(=O)N=CN)c2)c1. The highest BCUT2D eigenvalue weighted by Gasteiger charge is 2.08. The molecule has 0 aliphatic rings. The first kappa shape index (κ1) is 13.6. The van der Waals surface area contributed by atoms with E-state index in [-0.39, 0.29) is 12.3 Å². The van der Waals surface area contributed by atoms with Crippen LogP contribution in [0.1, 0.15) is 18.2 Å². The Kier molecular flexibility index (Phi) is 4.30. The van der Waals surface area contributed by atoms with E-state index in [1.54, 1.807) is 31.6 Å². The third kappa shape index (κ3) is 3.33. The fourth-order valence-corrected chi connectivity index (χ4v) is 1.71. The van der Waals surface area contributed by atoms with Gasteiger partial charge in [-0.1, -0.05) is 5.92 Å². The van der Waals surface area contributed by atoms with Crippen molar-refractivity contribution in [2.24, 2.45) is 10.7 Å². The molecule has 0 unspecified atom stereocenters. The molecule has 2 N–H and O–H groups in total. The maximum Gasteiger partial charge on any atom is 0.254 e. The highest BCUT2D eigenvalue weighted by atomic mass is 16.3. The molecule has 5 heteroatoms. The number of hydrogen-bond acceptors (Lipinski definition) is 3. The van der Waals surface area contributed by atoms with Crippen molar-refractivity contribution in [3.8, 4) is 23.0 Å². The minimum absolute atomic E-state index is 0.0790. The van der Waals surface area contributed by atoms with Crippen LogP contribution < -0.4 is 5.73 Å². The average Bonchev–Trinajstić information content (AvgIpc) is 2.88. The number of aromatic nitrogens is 1. The monoisotopic (exact) mass is 267 g/mol. The molecule has 0 bridgehead atoms. The van der Waals surface area contributed by atoms with Crippen LogP contribution in [0.5, 0.6) is 0 Å². The third-order valence-corrected chi connectivity index (χ3v) is 2.54. The Bertz CT molecular complexity index is 705. The van der Waals surface area contributed by atoms with Crippen LogP contribution in [0.25, 0.3) is 11.1 Å². The third-order valence-electron chi connectivity index (χ3n) is 2.54. The van der Waals surface area contributed by atoms with Gasteiger partial charge in [-0.2, -0.15) is 0 Å². The Hall–Kier alpha value is -2.87. The molecule has 0 atom stereocenters. The molecule has 0 spiro atoms. The molecular weight excluding hydrogens is 254 g/mol. The van der Waals surface area contributed by atoms with Crippen LogP contribution in [-0.4, -0.2) is 17.2 Å². The standard InChI is InChI=1S/C15H13N3O2/c1-2-3-11-4-12(8-17-7-11)13-5-14(20-9-13)6-15(19)18-10-16/h4-5,7-10H,6H2,1H3,(H2,16,18,19). The lowest BCUT2D eigenvalue weighted by Crippen LogP contribution is -2.01. The van der Waals surface area contributed by atoms with Crippen molar-refractivity contribution in [3.63, 3.8) is 0 Å². The lowest BCUT2D eigenvalue weighted by Gasteiger charge is -1.96. The predicted octanol–water partition coefficient (Wildman–Crippen LogP) is 1.77. The lowest BCUT2D eigenvalue weighted by atomic mass is 10.1. The van der Waals surface area contributed by atoms with E-state index in [1.165, 1.54) is 0 Å². The molecule has 1 amide bonds. The number of furan rings is 1. The first-order valence-corrected chi connectivity index (χ1v) is 5.95. The molecule has 0 aliphatic heterocycles. The molecule has 2 aromatic heterocycles. The molecule has 20 heavy (non-hydrogen) atoms. The minimum atomic E-state index is -0.350. The number of nitrogens with zero attached hydrogens (tertiary/aromatic N) is 2. The molecule has 5 nitrogen and oxygen atoms in total. The molecule has 0 aromatic carbocycles. The van der Waals surface area contributed by atoms with Gasteiger partial charge < -0.3 is 10.2 Å². The summed E-state index contributed by atoms with van der Waals surface area (Å²) in [6.45, 7) is 1.77. The predicted molar refractivity (Wildman–Crippen MR) is 75.9 cm³/mol. The van der Waals surface area contributed by atoms with Gasteiger partial charge >= 0.3 is 0 Å². The van der Waals surface area contributed by atoms with Crippen LogP contribution in [0.15, 0.2) is 40.2 Å². The van der Waals surface area contributed by atoms with Crippen molar-refractivity contribution in [2.75, 3.05) is 0 Å². The van der Waals surface area contributed by atoms with E-state index < -0.39 is 0 Å². The number of carbonyl (C=O) groups is 1. The topological polar surface area (TPSA) is 81.5 Å². The molecule has 0 saturated heterocycles. The summed E-state index contributed by atoms with van der Waals surface area (Å²) in [5.41, 5.74) is 7.62. The Morgan fingerprint density at radius 2 is 2.30 bits per heavy atom. The van der Waals surface area contributed by atoms with Gasteiger partial charge in [-0.25, -0.2) is 4.99 Å². The summed E-state index contributed by atoms with van der Waals surface area (Å²) in [6.07, 6.45) is 6.04. The Morgan fingerprint density at radius 3 is 3.05 bits per heavy atom. The fourth-order valence-electron chi connectivity index (χ4n) is 1.71. The highest BCUT2D eigenvalue weighted by molar-refractivity contribution is 5.85. The van der Waals surface area contributed by atoms with Gasteiger partial charge in [-0.05, 0) is 19.1 Å². The first-order valence-electron chi connectivity index (χ1n) is 5.95. The smallest absolute Gasteiger partial charge is 0.254 e. The number of rotatable bonds is 3. The van der Waals surface area contributed by atoms with E-state index in [0.717, 1.165) is 23.0 Å². The highest BCUT2D eigenvalue weighted by Crippen LogP contribution is 2.22. The fraction of sp³-hybridized carbons (Fsp3) is 0.133. The maximum absolute atomic E-state index is 11.3. The molecule has 0 fully saturated rings. The van der Waals surface area contributed by atoms with Gasteiger partial charge in [0.2, 0.25) is 0 Å². The van der Waals surface area contributed by atoms with Gasteiger partial charge in [-0.15, -0.1) is 5.92 Å². The molecule has 2 rings (SSSR count). The summed E-state index contributed by atoms with van der Waals surface area (Å²) in [7, 11) is 0. The molecule has 0 radical (unpaired) electrons. The van der Waals surface area contributed by atoms with E-state index in [9.17, 15) is 4.79 Å². The zero-order valence-electron chi connectivity index (χ0n) is 11.0. The Balaban J connectivity index is 2.21. The molecule has 100 valence electrons. The molecule has 0 aliphatic carbocycles. The number of carbonyl (C=O) groups excluding carboxylic acids is 1. The molecule has 0 saturated carbocycles. The molecular formula is C15H13N3O2. The minimum Gasteiger partial charge on any atom is -0.468 e. The largest absolute Gasteiger partial charge is 0.468 e. The van der Waals surface area contributed by atoms with Crippen molar-refractivity contribution < 1.29 is 9.21 Å². The van der Waals surface area contributed by atoms with Crippen LogP contribution in [0.4, 0.5) is 0 Å². The second-order valence-electron chi connectivity index (χ2n) is 3.99. The van der Waals surface area contributed by atoms with Crippen LogP contribution in [0.3, 0.4) is 0 Å². The van der Waals surface area contributed by atoms with E-state index in [0.29, 0.717) is 5.76 Å². The van der Waals surface area contributed by atoms with Crippen LogP contribution in [0.2, 0.25) is 0 Å². The van der Waals surface area contributed by atoms with E-state index in [4.69, 9.17) is 10.2 Å². The summed E-state index contributed by atoms with van der Waals surface area (Å²) in [4.78, 5) is 18.9. The van der Waals surface area contributed by atoms with Gasteiger partial charge in [0.25, 0.3) is 5.91 Å². The van der Waals surface area contributed by atoms with Crippen LogP contribution >= 0.6 is 0 Å². The van der Waals surface area contributed by atoms with Gasteiger partial charge in [0.15, 0.2) is 0 Å². The zero-order valence-corrected chi connectivity index (χ0v) is 11.0. The van der Waals surface area contributed by atoms with Crippen LogP contribution in [0, 0.1) is 11.8 Å². The van der Waals surface area contributed by atoms with Crippen molar-refractivity contribution in [1.29, 1.82) is 0 Å². The van der Waals surface area contributed by atoms with Gasteiger partial charge in [0, 0.05) is 29.1 Å². The normalized spacial score (nSPS) is 10.2. The number of pyridine rings is 1. The van der Waals surface area contributed by atoms with Gasteiger partial charge in [-0.3, -0.25) is 9.78 Å². The van der Waals surface area contributed by atoms with Crippen molar-refractivity contribution in [1.82, 2.24) is 4.98 Å². The van der Waals surface area contributed by atoms with E-state index in [1.807, 2.05) is 6.07 Å². The van der Waals surface area contributed by atoms with Gasteiger partial charge in [0.05, 0.1) is 19.0 Å². The number of nitrogens with two attached hydrogens (primary N) is 1. The number of aliphatic imine (C=N–C) groups is 1. The summed E-state index contributed by atoms with van der Waals surface area (Å²) >= 11 is 0. The van der Waals surface area contributed by atoms with Crippen LogP contribution in [-0.2, 0) is 11.2 Å². The molecule has 2 heterocycles.